The Morgan fingerprint density at radius 1 is 1.12 bits per heavy atom. The van der Waals surface area contributed by atoms with Crippen molar-refractivity contribution in [1.82, 2.24) is 9.47 Å². The second-order valence-corrected chi connectivity index (χ2v) is 6.36. The summed E-state index contributed by atoms with van der Waals surface area (Å²) in [6.07, 6.45) is 0. The number of nitrogens with two attached hydrogens (primary N) is 1. The molecule has 24 heavy (non-hydrogen) atoms. The van der Waals surface area contributed by atoms with Crippen molar-refractivity contribution in [1.29, 1.82) is 0 Å². The SMILES string of the molecule is Cc1ccc(-c2cc(C(N)=O)c(C)n2CCN2CCOCC2)cc1. The van der Waals surface area contributed by atoms with E-state index in [4.69, 9.17) is 10.5 Å². The predicted molar refractivity (Wildman–Crippen MR) is 95.1 cm³/mol. The third kappa shape index (κ3) is 3.52. The smallest absolute Gasteiger partial charge is 0.250 e. The molecule has 0 saturated carbocycles. The maximum Gasteiger partial charge on any atom is 0.250 e. The summed E-state index contributed by atoms with van der Waals surface area (Å²) in [5.41, 5.74) is 10.5. The largest absolute Gasteiger partial charge is 0.379 e. The van der Waals surface area contributed by atoms with Gasteiger partial charge in [-0.15, -0.1) is 0 Å². The molecule has 0 unspecified atom stereocenters. The Hall–Kier alpha value is -2.11. The summed E-state index contributed by atoms with van der Waals surface area (Å²) in [6, 6.07) is 10.3. The van der Waals surface area contributed by atoms with Gasteiger partial charge in [0.15, 0.2) is 0 Å². The zero-order chi connectivity index (χ0) is 17.1. The average Bonchev–Trinajstić information content (AvgIpc) is 2.91. The first-order chi connectivity index (χ1) is 11.6. The third-order valence-electron chi connectivity index (χ3n) is 4.72. The Labute approximate surface area is 143 Å². The van der Waals surface area contributed by atoms with Gasteiger partial charge in [0.25, 0.3) is 5.91 Å². The van der Waals surface area contributed by atoms with Gasteiger partial charge in [-0.3, -0.25) is 9.69 Å². The number of amides is 1. The first-order valence-corrected chi connectivity index (χ1v) is 8.43. The van der Waals surface area contributed by atoms with Gasteiger partial charge in [0.2, 0.25) is 0 Å². The Balaban J connectivity index is 1.90. The molecule has 2 N–H and O–H groups in total. The topological polar surface area (TPSA) is 60.5 Å². The lowest BCUT2D eigenvalue weighted by Crippen LogP contribution is -2.38. The van der Waals surface area contributed by atoms with Crippen molar-refractivity contribution in [2.75, 3.05) is 32.8 Å². The molecule has 0 atom stereocenters. The molecule has 2 heterocycles. The van der Waals surface area contributed by atoms with Crippen LogP contribution in [0, 0.1) is 13.8 Å². The van der Waals surface area contributed by atoms with Crippen molar-refractivity contribution in [3.63, 3.8) is 0 Å². The minimum Gasteiger partial charge on any atom is -0.379 e. The van der Waals surface area contributed by atoms with Crippen LogP contribution in [-0.4, -0.2) is 48.2 Å². The summed E-state index contributed by atoms with van der Waals surface area (Å²) in [4.78, 5) is 14.2. The van der Waals surface area contributed by atoms with Crippen molar-refractivity contribution in [2.24, 2.45) is 5.73 Å². The van der Waals surface area contributed by atoms with Crippen LogP contribution in [0.1, 0.15) is 21.6 Å². The Bertz CT molecular complexity index is 713. The van der Waals surface area contributed by atoms with Gasteiger partial charge in [-0.25, -0.2) is 0 Å². The predicted octanol–water partition coefficient (Wildman–Crippen LogP) is 2.20. The molecule has 1 aliphatic heterocycles. The average molecular weight is 327 g/mol. The molecule has 1 aromatic carbocycles. The van der Waals surface area contributed by atoms with E-state index in [-0.39, 0.29) is 5.91 Å². The molecule has 1 aromatic heterocycles. The van der Waals surface area contributed by atoms with Gasteiger partial charge < -0.3 is 15.0 Å². The third-order valence-corrected chi connectivity index (χ3v) is 4.72. The Morgan fingerprint density at radius 3 is 2.42 bits per heavy atom. The Morgan fingerprint density at radius 2 is 1.79 bits per heavy atom. The molecule has 1 amide bonds. The first-order valence-electron chi connectivity index (χ1n) is 8.43. The highest BCUT2D eigenvalue weighted by Gasteiger charge is 2.18. The highest BCUT2D eigenvalue weighted by molar-refractivity contribution is 5.95. The van der Waals surface area contributed by atoms with E-state index >= 15 is 0 Å². The lowest BCUT2D eigenvalue weighted by atomic mass is 10.1. The number of carbonyl (C=O) groups is 1. The summed E-state index contributed by atoms with van der Waals surface area (Å²) in [7, 11) is 0. The second-order valence-electron chi connectivity index (χ2n) is 6.36. The molecule has 2 aromatic rings. The minimum absolute atomic E-state index is 0.369. The molecule has 1 aliphatic rings. The van der Waals surface area contributed by atoms with Crippen molar-refractivity contribution in [3.05, 3.63) is 47.2 Å². The molecule has 5 nitrogen and oxygen atoms in total. The lowest BCUT2D eigenvalue weighted by molar-refractivity contribution is 0.0364. The zero-order valence-electron chi connectivity index (χ0n) is 14.4. The summed E-state index contributed by atoms with van der Waals surface area (Å²) >= 11 is 0. The second kappa shape index (κ2) is 7.20. The molecule has 1 saturated heterocycles. The quantitative estimate of drug-likeness (QED) is 0.916. The fourth-order valence-corrected chi connectivity index (χ4v) is 3.21. The molecule has 0 radical (unpaired) electrons. The van der Waals surface area contributed by atoms with Crippen LogP contribution in [0.15, 0.2) is 30.3 Å². The fourth-order valence-electron chi connectivity index (χ4n) is 3.21. The van der Waals surface area contributed by atoms with E-state index < -0.39 is 0 Å². The van der Waals surface area contributed by atoms with E-state index in [9.17, 15) is 4.79 Å². The molecule has 1 fully saturated rings. The van der Waals surface area contributed by atoms with Crippen LogP contribution in [0.3, 0.4) is 0 Å². The number of nitrogens with zero attached hydrogens (tertiary/aromatic N) is 2. The number of benzene rings is 1. The molecule has 3 rings (SSSR count). The molecule has 0 aliphatic carbocycles. The number of hydrogen-bond acceptors (Lipinski definition) is 3. The summed E-state index contributed by atoms with van der Waals surface area (Å²) in [5, 5.41) is 0. The lowest BCUT2D eigenvalue weighted by Gasteiger charge is -2.27. The van der Waals surface area contributed by atoms with Crippen LogP contribution in [0.25, 0.3) is 11.3 Å². The number of carbonyl (C=O) groups excluding carboxylic acids is 1. The van der Waals surface area contributed by atoms with Crippen LogP contribution in [0.4, 0.5) is 0 Å². The van der Waals surface area contributed by atoms with Gasteiger partial charge in [0.05, 0.1) is 18.8 Å². The normalized spacial score (nSPS) is 15.6. The standard InChI is InChI=1S/C19H25N3O2/c1-14-3-5-16(6-4-14)18-13-17(19(20)23)15(2)22(18)8-7-21-9-11-24-12-10-21/h3-6,13H,7-12H2,1-2H3,(H2,20,23). The number of morpholine rings is 1. The maximum atomic E-state index is 11.8. The molecule has 0 spiro atoms. The van der Waals surface area contributed by atoms with E-state index in [1.807, 2.05) is 13.0 Å². The van der Waals surface area contributed by atoms with Gasteiger partial charge >= 0.3 is 0 Å². The van der Waals surface area contributed by atoms with Gasteiger partial charge in [-0.2, -0.15) is 0 Å². The van der Waals surface area contributed by atoms with Gasteiger partial charge in [-0.1, -0.05) is 29.8 Å². The fraction of sp³-hybridized carbons (Fsp3) is 0.421. The monoisotopic (exact) mass is 327 g/mol. The molecule has 0 bridgehead atoms. The van der Waals surface area contributed by atoms with E-state index in [1.165, 1.54) is 5.56 Å². The van der Waals surface area contributed by atoms with E-state index in [0.717, 1.165) is 56.3 Å². The van der Waals surface area contributed by atoms with Crippen molar-refractivity contribution in [3.8, 4) is 11.3 Å². The number of hydrogen-bond donors (Lipinski definition) is 1. The molecule has 128 valence electrons. The van der Waals surface area contributed by atoms with Crippen molar-refractivity contribution >= 4 is 5.91 Å². The van der Waals surface area contributed by atoms with E-state index in [0.29, 0.717) is 5.56 Å². The zero-order valence-corrected chi connectivity index (χ0v) is 14.4. The number of ether oxygens (including phenoxy) is 1. The van der Waals surface area contributed by atoms with Gasteiger partial charge in [-0.05, 0) is 25.5 Å². The number of rotatable bonds is 5. The van der Waals surface area contributed by atoms with Crippen LogP contribution in [0.5, 0.6) is 0 Å². The maximum absolute atomic E-state index is 11.8. The number of aryl methyl sites for hydroxylation is 1. The highest BCUT2D eigenvalue weighted by Crippen LogP contribution is 2.26. The molecule has 5 heteroatoms. The van der Waals surface area contributed by atoms with Gasteiger partial charge in [0.1, 0.15) is 0 Å². The van der Waals surface area contributed by atoms with Crippen molar-refractivity contribution < 1.29 is 9.53 Å². The van der Waals surface area contributed by atoms with Crippen LogP contribution < -0.4 is 5.73 Å². The van der Waals surface area contributed by atoms with Crippen LogP contribution in [-0.2, 0) is 11.3 Å². The first kappa shape index (κ1) is 16.7. The molecular formula is C19H25N3O2. The molecular weight excluding hydrogens is 302 g/mol. The van der Waals surface area contributed by atoms with E-state index in [1.54, 1.807) is 0 Å². The number of primary amides is 1. The minimum atomic E-state index is -0.369. The summed E-state index contributed by atoms with van der Waals surface area (Å²) in [5.74, 6) is -0.369. The summed E-state index contributed by atoms with van der Waals surface area (Å²) < 4.78 is 7.61. The van der Waals surface area contributed by atoms with Crippen molar-refractivity contribution in [2.45, 2.75) is 20.4 Å². The Kier molecular flexibility index (Phi) is 5.02. The van der Waals surface area contributed by atoms with E-state index in [2.05, 4.69) is 40.7 Å². The summed E-state index contributed by atoms with van der Waals surface area (Å²) in [6.45, 7) is 9.33. The van der Waals surface area contributed by atoms with Crippen LogP contribution >= 0.6 is 0 Å². The highest BCUT2D eigenvalue weighted by atomic mass is 16.5. The number of aromatic nitrogens is 1. The van der Waals surface area contributed by atoms with Gasteiger partial charge in [0, 0.05) is 37.6 Å². The van der Waals surface area contributed by atoms with Crippen LogP contribution in [0.2, 0.25) is 0 Å².